The summed E-state index contributed by atoms with van der Waals surface area (Å²) < 4.78 is 32.3. The highest BCUT2D eigenvalue weighted by molar-refractivity contribution is 6.31. The molecule has 1 unspecified atom stereocenters. The van der Waals surface area contributed by atoms with Crippen molar-refractivity contribution in [3.05, 3.63) is 70.4 Å². The zero-order valence-electron chi connectivity index (χ0n) is 10.8. The number of furan rings is 1. The second-order valence-corrected chi connectivity index (χ2v) is 5.20. The van der Waals surface area contributed by atoms with Crippen LogP contribution in [0, 0.1) is 11.6 Å². The summed E-state index contributed by atoms with van der Waals surface area (Å²) in [6, 6.07) is 10.6. The largest absolute Gasteiger partial charge is 0.458 e. The number of aliphatic hydroxyl groups is 1. The van der Waals surface area contributed by atoms with Crippen LogP contribution in [0.25, 0.3) is 11.0 Å². The van der Waals surface area contributed by atoms with Crippen LogP contribution in [-0.2, 0) is 6.42 Å². The van der Waals surface area contributed by atoms with Gasteiger partial charge in [-0.3, -0.25) is 0 Å². The van der Waals surface area contributed by atoms with E-state index in [4.69, 9.17) is 16.0 Å². The molecule has 0 fully saturated rings. The number of hydrogen-bond acceptors (Lipinski definition) is 2. The predicted octanol–water partition coefficient (Wildman–Crippen LogP) is 4.64. The van der Waals surface area contributed by atoms with Gasteiger partial charge in [-0.1, -0.05) is 23.7 Å². The zero-order valence-corrected chi connectivity index (χ0v) is 11.6. The van der Waals surface area contributed by atoms with Crippen LogP contribution in [0.1, 0.15) is 17.4 Å². The first-order valence-corrected chi connectivity index (χ1v) is 6.72. The molecule has 1 atom stereocenters. The quantitative estimate of drug-likeness (QED) is 0.764. The van der Waals surface area contributed by atoms with E-state index in [1.54, 1.807) is 24.3 Å². The Labute approximate surface area is 124 Å². The van der Waals surface area contributed by atoms with E-state index in [-0.39, 0.29) is 17.7 Å². The second kappa shape index (κ2) is 5.47. The van der Waals surface area contributed by atoms with Crippen LogP contribution in [0.4, 0.5) is 8.78 Å². The molecule has 0 amide bonds. The molecule has 0 saturated heterocycles. The molecule has 1 aromatic heterocycles. The molecule has 2 nitrogen and oxygen atoms in total. The molecule has 0 aliphatic carbocycles. The van der Waals surface area contributed by atoms with Gasteiger partial charge in [-0.25, -0.2) is 8.78 Å². The highest BCUT2D eigenvalue weighted by Gasteiger charge is 2.17. The summed E-state index contributed by atoms with van der Waals surface area (Å²) in [5.41, 5.74) is 0.675. The van der Waals surface area contributed by atoms with Gasteiger partial charge in [0.1, 0.15) is 17.4 Å². The first kappa shape index (κ1) is 14.0. The Hall–Kier alpha value is -1.91. The molecule has 5 heteroatoms. The number of hydrogen-bond donors (Lipinski definition) is 1. The third-order valence-electron chi connectivity index (χ3n) is 3.27. The van der Waals surface area contributed by atoms with Crippen molar-refractivity contribution in [3.63, 3.8) is 0 Å². The molecule has 0 radical (unpaired) electrons. The fourth-order valence-corrected chi connectivity index (χ4v) is 2.39. The minimum atomic E-state index is -1.06. The zero-order chi connectivity index (χ0) is 15.0. The first-order valence-electron chi connectivity index (χ1n) is 6.34. The maximum atomic E-state index is 13.6. The van der Waals surface area contributed by atoms with Crippen molar-refractivity contribution in [3.8, 4) is 0 Å². The lowest BCUT2D eigenvalue weighted by molar-refractivity contribution is 0.151. The predicted molar refractivity (Wildman–Crippen MR) is 76.2 cm³/mol. The molecule has 108 valence electrons. The Morgan fingerprint density at radius 1 is 1.14 bits per heavy atom. The molecule has 0 aliphatic heterocycles. The van der Waals surface area contributed by atoms with Crippen LogP contribution in [0.15, 0.2) is 46.9 Å². The van der Waals surface area contributed by atoms with E-state index in [1.807, 2.05) is 0 Å². The van der Waals surface area contributed by atoms with Gasteiger partial charge in [0.2, 0.25) is 0 Å². The highest BCUT2D eigenvalue weighted by Crippen LogP contribution is 2.28. The number of benzene rings is 2. The molecule has 21 heavy (non-hydrogen) atoms. The molecule has 3 aromatic rings. The van der Waals surface area contributed by atoms with Crippen LogP contribution >= 0.6 is 11.6 Å². The van der Waals surface area contributed by atoms with Crippen LogP contribution in [0.5, 0.6) is 0 Å². The molecule has 0 bridgehead atoms. The maximum absolute atomic E-state index is 13.6. The molecule has 2 aromatic carbocycles. The Morgan fingerprint density at radius 3 is 2.76 bits per heavy atom. The normalized spacial score (nSPS) is 12.8. The number of halogens is 3. The van der Waals surface area contributed by atoms with Gasteiger partial charge in [0.05, 0.1) is 0 Å². The monoisotopic (exact) mass is 308 g/mol. The third kappa shape index (κ3) is 2.77. The standard InChI is InChI=1S/C16H11ClF2O2/c17-11-4-5-14-10(6-11)8-15(21-14)13(20)7-9-2-1-3-12(18)16(9)19/h1-6,8,13,20H,7H2. The Balaban J connectivity index is 1.89. The topological polar surface area (TPSA) is 33.4 Å². The summed E-state index contributed by atoms with van der Waals surface area (Å²) in [6.07, 6.45) is -1.13. The molecule has 3 rings (SSSR count). The highest BCUT2D eigenvalue weighted by atomic mass is 35.5. The van der Waals surface area contributed by atoms with E-state index in [9.17, 15) is 13.9 Å². The van der Waals surface area contributed by atoms with Crippen LogP contribution in [0.2, 0.25) is 5.02 Å². The van der Waals surface area contributed by atoms with Crippen molar-refractivity contribution >= 4 is 22.6 Å². The summed E-state index contributed by atoms with van der Waals surface area (Å²) in [4.78, 5) is 0. The van der Waals surface area contributed by atoms with Crippen molar-refractivity contribution in [1.82, 2.24) is 0 Å². The summed E-state index contributed by atoms with van der Waals surface area (Å²) >= 11 is 5.88. The molecular formula is C16H11ClF2O2. The van der Waals surface area contributed by atoms with Gasteiger partial charge < -0.3 is 9.52 Å². The van der Waals surface area contributed by atoms with Gasteiger partial charge >= 0.3 is 0 Å². The van der Waals surface area contributed by atoms with E-state index in [2.05, 4.69) is 0 Å². The van der Waals surface area contributed by atoms with E-state index >= 15 is 0 Å². The van der Waals surface area contributed by atoms with Crippen LogP contribution in [0.3, 0.4) is 0 Å². The van der Waals surface area contributed by atoms with Gasteiger partial charge in [-0.05, 0) is 35.9 Å². The minimum Gasteiger partial charge on any atom is -0.458 e. The number of rotatable bonds is 3. The Morgan fingerprint density at radius 2 is 1.95 bits per heavy atom. The second-order valence-electron chi connectivity index (χ2n) is 4.76. The SMILES string of the molecule is OC(Cc1cccc(F)c1F)c1cc2cc(Cl)ccc2o1. The molecular weight excluding hydrogens is 298 g/mol. The fraction of sp³-hybridized carbons (Fsp3) is 0.125. The van der Waals surface area contributed by atoms with E-state index in [1.165, 1.54) is 12.1 Å². The van der Waals surface area contributed by atoms with Crippen molar-refractivity contribution in [1.29, 1.82) is 0 Å². The molecule has 0 spiro atoms. The smallest absolute Gasteiger partial charge is 0.162 e. The lowest BCUT2D eigenvalue weighted by Crippen LogP contribution is -2.03. The summed E-state index contributed by atoms with van der Waals surface area (Å²) in [6.45, 7) is 0. The van der Waals surface area contributed by atoms with Crippen LogP contribution in [-0.4, -0.2) is 5.11 Å². The van der Waals surface area contributed by atoms with Crippen molar-refractivity contribution in [2.75, 3.05) is 0 Å². The number of fused-ring (bicyclic) bond motifs is 1. The van der Waals surface area contributed by atoms with E-state index in [0.717, 1.165) is 11.5 Å². The van der Waals surface area contributed by atoms with E-state index < -0.39 is 17.7 Å². The number of aliphatic hydroxyl groups excluding tert-OH is 1. The lowest BCUT2D eigenvalue weighted by Gasteiger charge is -2.08. The van der Waals surface area contributed by atoms with Crippen molar-refractivity contribution in [2.45, 2.75) is 12.5 Å². The molecule has 1 N–H and O–H groups in total. The van der Waals surface area contributed by atoms with Gasteiger partial charge in [0, 0.05) is 16.8 Å². The Bertz CT molecular complexity index is 798. The molecule has 1 heterocycles. The summed E-state index contributed by atoms with van der Waals surface area (Å²) in [7, 11) is 0. The fourth-order valence-electron chi connectivity index (χ4n) is 2.21. The van der Waals surface area contributed by atoms with Gasteiger partial charge in [-0.15, -0.1) is 0 Å². The third-order valence-corrected chi connectivity index (χ3v) is 3.51. The average Bonchev–Trinajstić information content (AvgIpc) is 2.87. The maximum Gasteiger partial charge on any atom is 0.162 e. The molecule has 0 aliphatic rings. The lowest BCUT2D eigenvalue weighted by atomic mass is 10.1. The minimum absolute atomic E-state index is 0.0723. The molecule has 0 saturated carbocycles. The van der Waals surface area contributed by atoms with Gasteiger partial charge in [0.15, 0.2) is 11.6 Å². The van der Waals surface area contributed by atoms with Crippen LogP contribution < -0.4 is 0 Å². The Kier molecular flexibility index (Phi) is 3.66. The summed E-state index contributed by atoms with van der Waals surface area (Å²) in [5, 5.41) is 11.4. The van der Waals surface area contributed by atoms with Crippen molar-refractivity contribution < 1.29 is 18.3 Å². The average molecular weight is 309 g/mol. The first-order chi connectivity index (χ1) is 10.0. The van der Waals surface area contributed by atoms with E-state index in [0.29, 0.717) is 10.6 Å². The van der Waals surface area contributed by atoms with Gasteiger partial charge in [0.25, 0.3) is 0 Å². The van der Waals surface area contributed by atoms with Crippen molar-refractivity contribution in [2.24, 2.45) is 0 Å². The summed E-state index contributed by atoms with van der Waals surface area (Å²) in [5.74, 6) is -1.59. The van der Waals surface area contributed by atoms with Gasteiger partial charge in [-0.2, -0.15) is 0 Å².